The van der Waals surface area contributed by atoms with Gasteiger partial charge in [0.2, 0.25) is 11.8 Å². The van der Waals surface area contributed by atoms with Crippen molar-refractivity contribution in [3.8, 4) is 11.5 Å². The van der Waals surface area contributed by atoms with Gasteiger partial charge in [-0.2, -0.15) is 0 Å². The molecule has 2 aromatic rings. The van der Waals surface area contributed by atoms with Crippen LogP contribution in [0.2, 0.25) is 0 Å². The van der Waals surface area contributed by atoms with E-state index in [2.05, 4.69) is 26.6 Å². The number of nitrogens with one attached hydrogen (secondary N) is 2. The Labute approximate surface area is 206 Å². The van der Waals surface area contributed by atoms with E-state index in [1.807, 2.05) is 18.2 Å². The number of likely N-dealkylation sites (tertiary alicyclic amines) is 1. The monoisotopic (exact) mass is 527 g/mol. The number of methoxy groups -OCH3 is 1. The van der Waals surface area contributed by atoms with Crippen LogP contribution in [0.3, 0.4) is 0 Å². The minimum atomic E-state index is -0.497. The molecule has 34 heavy (non-hydrogen) atoms. The maximum absolute atomic E-state index is 13.1. The van der Waals surface area contributed by atoms with Crippen LogP contribution in [0.25, 0.3) is 0 Å². The molecule has 1 saturated heterocycles. The SMILES string of the molecule is COc1ccc(CCC(=O)N2[C@H](C(=O)Nc3ccc4c(c3)C(=O)NCCO4)C[C@H]3C[C@@H]32)cc1Br. The minimum Gasteiger partial charge on any atom is -0.496 e. The number of fused-ring (bicyclic) bond motifs is 2. The Morgan fingerprint density at radius 1 is 1.24 bits per heavy atom. The fourth-order valence-corrected chi connectivity index (χ4v) is 5.44. The Morgan fingerprint density at radius 2 is 2.09 bits per heavy atom. The number of carbonyl (C=O) groups is 3. The van der Waals surface area contributed by atoms with Gasteiger partial charge in [0, 0.05) is 18.2 Å². The van der Waals surface area contributed by atoms with E-state index in [0.717, 1.165) is 22.2 Å². The molecule has 0 spiro atoms. The molecule has 0 aromatic heterocycles. The molecule has 2 aromatic carbocycles. The van der Waals surface area contributed by atoms with Crippen LogP contribution < -0.4 is 20.1 Å². The van der Waals surface area contributed by atoms with Gasteiger partial charge in [-0.3, -0.25) is 14.4 Å². The van der Waals surface area contributed by atoms with E-state index < -0.39 is 6.04 Å². The molecular formula is C25H26BrN3O5. The second-order valence-corrected chi connectivity index (χ2v) is 9.74. The number of halogens is 1. The molecule has 5 rings (SSSR count). The number of anilines is 1. The number of carbonyl (C=O) groups excluding carboxylic acids is 3. The number of piperidine rings is 1. The second kappa shape index (κ2) is 9.29. The van der Waals surface area contributed by atoms with Crippen LogP contribution in [0, 0.1) is 5.92 Å². The maximum Gasteiger partial charge on any atom is 0.255 e. The molecule has 2 aliphatic heterocycles. The summed E-state index contributed by atoms with van der Waals surface area (Å²) in [6.07, 6.45) is 2.55. The summed E-state index contributed by atoms with van der Waals surface area (Å²) in [4.78, 5) is 40.3. The van der Waals surface area contributed by atoms with Crippen molar-refractivity contribution in [3.05, 3.63) is 52.0 Å². The van der Waals surface area contributed by atoms with Crippen LogP contribution in [0.15, 0.2) is 40.9 Å². The van der Waals surface area contributed by atoms with Gasteiger partial charge in [0.25, 0.3) is 5.91 Å². The van der Waals surface area contributed by atoms with Gasteiger partial charge in [-0.25, -0.2) is 0 Å². The van der Waals surface area contributed by atoms with E-state index >= 15 is 0 Å². The van der Waals surface area contributed by atoms with Crippen molar-refractivity contribution < 1.29 is 23.9 Å². The summed E-state index contributed by atoms with van der Waals surface area (Å²) in [7, 11) is 1.61. The van der Waals surface area contributed by atoms with E-state index in [4.69, 9.17) is 9.47 Å². The van der Waals surface area contributed by atoms with E-state index in [1.165, 1.54) is 0 Å². The molecule has 1 saturated carbocycles. The Kier molecular flexibility index (Phi) is 6.20. The van der Waals surface area contributed by atoms with Gasteiger partial charge in [-0.15, -0.1) is 0 Å². The molecule has 3 amide bonds. The molecule has 0 bridgehead atoms. The molecule has 3 aliphatic rings. The van der Waals surface area contributed by atoms with Gasteiger partial charge in [-0.1, -0.05) is 6.07 Å². The first-order chi connectivity index (χ1) is 16.4. The summed E-state index contributed by atoms with van der Waals surface area (Å²) in [5.41, 5.74) is 1.93. The van der Waals surface area contributed by atoms with Crippen molar-refractivity contribution in [1.82, 2.24) is 10.2 Å². The summed E-state index contributed by atoms with van der Waals surface area (Å²) < 4.78 is 11.7. The van der Waals surface area contributed by atoms with Crippen molar-refractivity contribution in [2.24, 2.45) is 5.92 Å². The predicted molar refractivity (Wildman–Crippen MR) is 129 cm³/mol. The molecule has 0 unspecified atom stereocenters. The fraction of sp³-hybridized carbons (Fsp3) is 0.400. The first-order valence-electron chi connectivity index (χ1n) is 11.4. The summed E-state index contributed by atoms with van der Waals surface area (Å²) in [5, 5.41) is 5.67. The zero-order valence-corrected chi connectivity index (χ0v) is 20.4. The number of amides is 3. The van der Waals surface area contributed by atoms with E-state index in [-0.39, 0.29) is 23.8 Å². The summed E-state index contributed by atoms with van der Waals surface area (Å²) in [6, 6.07) is 10.5. The van der Waals surface area contributed by atoms with Crippen LogP contribution in [0.1, 0.15) is 35.2 Å². The summed E-state index contributed by atoms with van der Waals surface area (Å²) in [6.45, 7) is 0.838. The van der Waals surface area contributed by atoms with Crippen LogP contribution in [0.5, 0.6) is 11.5 Å². The largest absolute Gasteiger partial charge is 0.496 e. The first-order valence-corrected chi connectivity index (χ1v) is 12.2. The fourth-order valence-electron chi connectivity index (χ4n) is 4.85. The number of rotatable bonds is 6. The Balaban J connectivity index is 1.25. The number of aryl methyl sites for hydroxylation is 1. The van der Waals surface area contributed by atoms with Crippen LogP contribution in [-0.2, 0) is 16.0 Å². The van der Waals surface area contributed by atoms with Crippen molar-refractivity contribution in [1.29, 1.82) is 0 Å². The highest BCUT2D eigenvalue weighted by molar-refractivity contribution is 9.10. The molecule has 0 radical (unpaired) electrons. The number of nitrogens with zero attached hydrogens (tertiary/aromatic N) is 1. The van der Waals surface area contributed by atoms with Gasteiger partial charge in [0.1, 0.15) is 24.1 Å². The molecular weight excluding hydrogens is 502 g/mol. The molecule has 1 aliphatic carbocycles. The van der Waals surface area contributed by atoms with Gasteiger partial charge >= 0.3 is 0 Å². The normalized spacial score (nSPS) is 22.6. The van der Waals surface area contributed by atoms with Gasteiger partial charge in [0.15, 0.2) is 0 Å². The smallest absolute Gasteiger partial charge is 0.255 e. The lowest BCUT2D eigenvalue weighted by atomic mass is 10.1. The highest BCUT2D eigenvalue weighted by Crippen LogP contribution is 2.48. The lowest BCUT2D eigenvalue weighted by Gasteiger charge is -2.27. The third-order valence-corrected chi connectivity index (χ3v) is 7.30. The zero-order chi connectivity index (χ0) is 23.8. The third kappa shape index (κ3) is 4.49. The number of hydrogen-bond acceptors (Lipinski definition) is 5. The molecule has 8 nitrogen and oxygen atoms in total. The number of hydrogen-bond donors (Lipinski definition) is 2. The molecule has 2 N–H and O–H groups in total. The van der Waals surface area contributed by atoms with Crippen molar-refractivity contribution in [2.75, 3.05) is 25.6 Å². The number of ether oxygens (including phenoxy) is 2. The molecule has 9 heteroatoms. The highest BCUT2D eigenvalue weighted by Gasteiger charge is 2.55. The van der Waals surface area contributed by atoms with Crippen LogP contribution >= 0.6 is 15.9 Å². The van der Waals surface area contributed by atoms with Gasteiger partial charge < -0.3 is 25.0 Å². The molecule has 178 valence electrons. The van der Waals surface area contributed by atoms with Gasteiger partial charge in [-0.05, 0) is 77.0 Å². The zero-order valence-electron chi connectivity index (χ0n) is 18.8. The maximum atomic E-state index is 13.1. The van der Waals surface area contributed by atoms with Crippen molar-refractivity contribution in [3.63, 3.8) is 0 Å². The van der Waals surface area contributed by atoms with Crippen LogP contribution in [-0.4, -0.2) is 55.0 Å². The predicted octanol–water partition coefficient (Wildman–Crippen LogP) is 3.14. The summed E-state index contributed by atoms with van der Waals surface area (Å²) in [5.74, 6) is 1.18. The quantitative estimate of drug-likeness (QED) is 0.601. The average Bonchev–Trinajstić information content (AvgIpc) is 3.53. The Hall–Kier alpha value is -3.07. The highest BCUT2D eigenvalue weighted by atomic mass is 79.9. The standard InChI is InChI=1S/C25H26BrN3O5/c1-33-22-5-2-14(10-18(22)26)3-7-23(30)29-19-11-15(19)12-20(29)25(32)28-16-4-6-21-17(13-16)24(31)27-8-9-34-21/h2,4-6,10,13,15,19-20H,3,7-9,11-12H2,1H3,(H,27,31)(H,28,32)/t15-,19+,20+/m1/s1. The molecule has 2 heterocycles. The van der Waals surface area contributed by atoms with E-state index in [1.54, 1.807) is 30.2 Å². The van der Waals surface area contributed by atoms with Gasteiger partial charge in [0.05, 0.1) is 23.7 Å². The summed E-state index contributed by atoms with van der Waals surface area (Å²) >= 11 is 3.48. The first kappa shape index (κ1) is 22.7. The lowest BCUT2D eigenvalue weighted by molar-refractivity contribution is -0.137. The topological polar surface area (TPSA) is 97.0 Å². The number of benzene rings is 2. The Bertz CT molecular complexity index is 1150. The average molecular weight is 528 g/mol. The Morgan fingerprint density at radius 3 is 2.88 bits per heavy atom. The van der Waals surface area contributed by atoms with Crippen molar-refractivity contribution >= 4 is 39.3 Å². The minimum absolute atomic E-state index is 0.00760. The van der Waals surface area contributed by atoms with Crippen LogP contribution in [0.4, 0.5) is 5.69 Å². The third-order valence-electron chi connectivity index (χ3n) is 6.68. The second-order valence-electron chi connectivity index (χ2n) is 8.89. The molecule has 2 fully saturated rings. The van der Waals surface area contributed by atoms with E-state index in [0.29, 0.717) is 55.3 Å². The van der Waals surface area contributed by atoms with Crippen molar-refractivity contribution in [2.45, 2.75) is 37.8 Å². The lowest BCUT2D eigenvalue weighted by Crippen LogP contribution is -2.45. The molecule has 3 atom stereocenters. The van der Waals surface area contributed by atoms with E-state index in [9.17, 15) is 14.4 Å².